The first-order chi connectivity index (χ1) is 13.5. The Kier molecular flexibility index (Phi) is 4.44. The van der Waals surface area contributed by atoms with E-state index in [1.807, 2.05) is 37.3 Å². The van der Waals surface area contributed by atoms with E-state index in [-0.39, 0.29) is 12.6 Å². The topological polar surface area (TPSA) is 103 Å². The molecule has 0 atom stereocenters. The number of aliphatic hydroxyl groups is 1. The number of carbonyl (C=O) groups is 1. The van der Waals surface area contributed by atoms with Gasteiger partial charge in [-0.2, -0.15) is 0 Å². The van der Waals surface area contributed by atoms with Gasteiger partial charge in [0.2, 0.25) is 0 Å². The number of urea groups is 1. The number of hydrogen-bond acceptors (Lipinski definition) is 5. The van der Waals surface area contributed by atoms with Crippen molar-refractivity contribution in [1.29, 1.82) is 0 Å². The minimum absolute atomic E-state index is 0.0410. The molecule has 0 bridgehead atoms. The van der Waals surface area contributed by atoms with Gasteiger partial charge in [0.15, 0.2) is 11.6 Å². The van der Waals surface area contributed by atoms with Crippen molar-refractivity contribution in [3.8, 4) is 17.2 Å². The van der Waals surface area contributed by atoms with Crippen LogP contribution >= 0.6 is 0 Å². The number of carbonyl (C=O) groups excluding carboxylic acids is 1. The third-order valence-electron chi connectivity index (χ3n) is 4.68. The Labute approximate surface area is 161 Å². The van der Waals surface area contributed by atoms with Crippen molar-refractivity contribution in [1.82, 2.24) is 29.9 Å². The van der Waals surface area contributed by atoms with Gasteiger partial charge in [-0.1, -0.05) is 30.3 Å². The molecular formula is C19H21N7O2. The molecule has 3 aromatic rings. The number of imidazole rings is 1. The van der Waals surface area contributed by atoms with Gasteiger partial charge in [-0.25, -0.2) is 14.5 Å². The Morgan fingerprint density at radius 1 is 1.25 bits per heavy atom. The van der Waals surface area contributed by atoms with Gasteiger partial charge < -0.3 is 10.1 Å². The summed E-state index contributed by atoms with van der Waals surface area (Å²) in [5.74, 6) is 1.10. The van der Waals surface area contributed by atoms with Gasteiger partial charge in [-0.05, 0) is 24.1 Å². The molecule has 1 aliphatic rings. The summed E-state index contributed by atoms with van der Waals surface area (Å²) in [5.41, 5.74) is 3.71. The van der Waals surface area contributed by atoms with E-state index in [2.05, 4.69) is 20.3 Å². The molecule has 1 aliphatic heterocycles. The number of benzene rings is 1. The van der Waals surface area contributed by atoms with Crippen molar-refractivity contribution < 1.29 is 9.90 Å². The van der Waals surface area contributed by atoms with Crippen molar-refractivity contribution in [3.63, 3.8) is 0 Å². The lowest BCUT2D eigenvalue weighted by atomic mass is 10.2. The summed E-state index contributed by atoms with van der Waals surface area (Å²) in [6.45, 7) is 1.98. The molecule has 2 amide bonds. The molecule has 28 heavy (non-hydrogen) atoms. The molecule has 0 saturated heterocycles. The van der Waals surface area contributed by atoms with Crippen LogP contribution in [0, 0.1) is 0 Å². The average molecular weight is 379 g/mol. The van der Waals surface area contributed by atoms with E-state index >= 15 is 0 Å². The van der Waals surface area contributed by atoms with Crippen LogP contribution in [0.5, 0.6) is 0 Å². The highest BCUT2D eigenvalue weighted by Crippen LogP contribution is 2.34. The van der Waals surface area contributed by atoms with Gasteiger partial charge in [0.05, 0.1) is 24.2 Å². The minimum Gasteiger partial charge on any atom is -0.392 e. The van der Waals surface area contributed by atoms with E-state index in [0.717, 1.165) is 29.1 Å². The lowest BCUT2D eigenvalue weighted by Gasteiger charge is -2.31. The Morgan fingerprint density at radius 2 is 2.07 bits per heavy atom. The first-order valence-electron chi connectivity index (χ1n) is 8.98. The molecule has 2 N–H and O–H groups in total. The van der Waals surface area contributed by atoms with E-state index in [0.29, 0.717) is 17.3 Å². The molecular weight excluding hydrogens is 358 g/mol. The zero-order valence-corrected chi connectivity index (χ0v) is 15.9. The van der Waals surface area contributed by atoms with E-state index in [1.54, 1.807) is 29.9 Å². The highest BCUT2D eigenvalue weighted by atomic mass is 16.3. The fourth-order valence-corrected chi connectivity index (χ4v) is 3.22. The zero-order valence-electron chi connectivity index (χ0n) is 15.9. The molecule has 0 unspecified atom stereocenters. The number of allylic oxidation sites excluding steroid dienone is 1. The number of aliphatic hydroxyl groups excluding tert-OH is 1. The maximum atomic E-state index is 12.5. The summed E-state index contributed by atoms with van der Waals surface area (Å²) in [7, 11) is 3.44. The van der Waals surface area contributed by atoms with E-state index in [4.69, 9.17) is 0 Å². The van der Waals surface area contributed by atoms with Crippen LogP contribution in [0.1, 0.15) is 24.6 Å². The van der Waals surface area contributed by atoms with Crippen molar-refractivity contribution in [3.05, 3.63) is 47.8 Å². The predicted octanol–water partition coefficient (Wildman–Crippen LogP) is 2.40. The van der Waals surface area contributed by atoms with E-state index < -0.39 is 0 Å². The van der Waals surface area contributed by atoms with Gasteiger partial charge in [0.25, 0.3) is 0 Å². The van der Waals surface area contributed by atoms with Crippen molar-refractivity contribution >= 4 is 17.5 Å². The number of anilines is 1. The number of nitrogens with one attached hydrogen (secondary N) is 1. The number of aromatic amines is 1. The first kappa shape index (κ1) is 17.9. The summed E-state index contributed by atoms with van der Waals surface area (Å²) < 4.78 is 1.62. The Morgan fingerprint density at radius 3 is 2.82 bits per heavy atom. The number of amides is 2. The molecule has 0 spiro atoms. The number of aromatic nitrogens is 5. The van der Waals surface area contributed by atoms with E-state index in [9.17, 15) is 9.90 Å². The summed E-state index contributed by atoms with van der Waals surface area (Å²) in [5, 5.41) is 17.7. The number of hydrogen-bond donors (Lipinski definition) is 2. The fraction of sp³-hybridized carbons (Fsp3) is 0.263. The lowest BCUT2D eigenvalue weighted by molar-refractivity contribution is 0.230. The van der Waals surface area contributed by atoms with Crippen LogP contribution in [-0.2, 0) is 6.61 Å². The molecule has 0 aliphatic carbocycles. The van der Waals surface area contributed by atoms with Gasteiger partial charge in [-0.15, -0.1) is 5.10 Å². The SMILES string of the molecule is CC/C=C1/c2[nH]c(-c3cn(-c4cccc(CO)c4)nn3)nc2N(C)C(=O)N1C. The number of fused-ring (bicyclic) bond motifs is 1. The van der Waals surface area contributed by atoms with Gasteiger partial charge in [0, 0.05) is 14.1 Å². The monoisotopic (exact) mass is 379 g/mol. The highest BCUT2D eigenvalue weighted by Gasteiger charge is 2.33. The smallest absolute Gasteiger partial charge is 0.329 e. The lowest BCUT2D eigenvalue weighted by Crippen LogP contribution is -2.42. The molecule has 4 rings (SSSR count). The molecule has 0 fully saturated rings. The maximum absolute atomic E-state index is 12.5. The molecule has 0 radical (unpaired) electrons. The largest absolute Gasteiger partial charge is 0.392 e. The number of H-pyrrole nitrogens is 1. The molecule has 144 valence electrons. The van der Waals surface area contributed by atoms with Crippen LogP contribution in [0.15, 0.2) is 36.5 Å². The van der Waals surface area contributed by atoms with Gasteiger partial charge in [-0.3, -0.25) is 9.80 Å². The first-order valence-corrected chi connectivity index (χ1v) is 8.98. The quantitative estimate of drug-likeness (QED) is 0.725. The van der Waals surface area contributed by atoms with Crippen LogP contribution in [0.4, 0.5) is 10.6 Å². The van der Waals surface area contributed by atoms with Gasteiger partial charge in [0.1, 0.15) is 11.4 Å². The molecule has 9 nitrogen and oxygen atoms in total. The van der Waals surface area contributed by atoms with Gasteiger partial charge >= 0.3 is 6.03 Å². The highest BCUT2D eigenvalue weighted by molar-refractivity contribution is 6.02. The second-order valence-corrected chi connectivity index (χ2v) is 6.56. The third kappa shape index (κ3) is 2.85. The molecule has 3 heterocycles. The van der Waals surface area contributed by atoms with Crippen molar-refractivity contribution in [2.75, 3.05) is 19.0 Å². The number of rotatable bonds is 4. The molecule has 9 heteroatoms. The molecule has 0 saturated carbocycles. The molecule has 2 aromatic heterocycles. The third-order valence-corrected chi connectivity index (χ3v) is 4.68. The van der Waals surface area contributed by atoms with Crippen molar-refractivity contribution in [2.45, 2.75) is 20.0 Å². The second kappa shape index (κ2) is 6.93. The van der Waals surface area contributed by atoms with Crippen LogP contribution < -0.4 is 4.90 Å². The van der Waals surface area contributed by atoms with Crippen LogP contribution in [0.3, 0.4) is 0 Å². The predicted molar refractivity (Wildman–Crippen MR) is 105 cm³/mol. The standard InChI is InChI=1S/C19H21N7O2/c1-4-6-15-16-18(25(3)19(28)24(15)2)21-17(20-16)14-10-26(23-22-14)13-8-5-7-12(9-13)11-27/h5-10,27H,4,11H2,1-3H3,(H,20,21)/b15-6-. The minimum atomic E-state index is -0.144. The summed E-state index contributed by atoms with van der Waals surface area (Å²) in [6, 6.07) is 7.28. The summed E-state index contributed by atoms with van der Waals surface area (Å²) in [4.78, 5) is 23.5. The zero-order chi connectivity index (χ0) is 19.8. The second-order valence-electron chi connectivity index (χ2n) is 6.56. The van der Waals surface area contributed by atoms with Crippen LogP contribution in [0.25, 0.3) is 22.9 Å². The fourth-order valence-electron chi connectivity index (χ4n) is 3.22. The van der Waals surface area contributed by atoms with Crippen LogP contribution in [0.2, 0.25) is 0 Å². The maximum Gasteiger partial charge on any atom is 0.329 e. The average Bonchev–Trinajstić information content (AvgIpc) is 3.37. The van der Waals surface area contributed by atoms with Crippen LogP contribution in [-0.4, -0.2) is 55.1 Å². The van der Waals surface area contributed by atoms with E-state index in [1.165, 1.54) is 4.90 Å². The Hall–Kier alpha value is -3.46. The molecule has 1 aromatic carbocycles. The normalized spacial score (nSPS) is 15.4. The summed E-state index contributed by atoms with van der Waals surface area (Å²) >= 11 is 0. The Balaban J connectivity index is 1.74. The number of nitrogens with zero attached hydrogens (tertiary/aromatic N) is 6. The van der Waals surface area contributed by atoms with Crippen molar-refractivity contribution in [2.24, 2.45) is 0 Å². The Bertz CT molecular complexity index is 1070. The summed E-state index contributed by atoms with van der Waals surface area (Å²) in [6.07, 6.45) is 4.54.